The van der Waals surface area contributed by atoms with E-state index in [4.69, 9.17) is 13.2 Å². The van der Waals surface area contributed by atoms with E-state index in [0.29, 0.717) is 16.1 Å². The van der Waals surface area contributed by atoms with Gasteiger partial charge >= 0.3 is 7.60 Å². The van der Waals surface area contributed by atoms with E-state index in [0.717, 1.165) is 19.3 Å². The van der Waals surface area contributed by atoms with Crippen molar-refractivity contribution in [2.75, 3.05) is 0 Å². The summed E-state index contributed by atoms with van der Waals surface area (Å²) in [5, 5.41) is 0.309. The molecule has 0 radical (unpaired) electrons. The smallest absolute Gasteiger partial charge is 0.302 e. The molecule has 3 rings (SSSR count). The van der Waals surface area contributed by atoms with Gasteiger partial charge < -0.3 is 9.05 Å². The molecule has 1 saturated carbocycles. The van der Waals surface area contributed by atoms with Crippen molar-refractivity contribution in [3.05, 3.63) is 60.2 Å². The van der Waals surface area contributed by atoms with Gasteiger partial charge in [0.05, 0.1) is 28.5 Å². The Hall–Kier alpha value is -1.30. The average molecular weight is 521 g/mol. The second kappa shape index (κ2) is 11.8. The first kappa shape index (κ1) is 28.3. The minimum atomic E-state index is -3.71. The molecule has 5 nitrogen and oxygen atoms in total. The first-order chi connectivity index (χ1) is 16.4. The lowest BCUT2D eigenvalue weighted by molar-refractivity contribution is 0.0424. The summed E-state index contributed by atoms with van der Waals surface area (Å²) >= 11 is -1.83. The molecule has 2 aromatic carbocycles. The second-order valence-electron chi connectivity index (χ2n) is 10.8. The maximum absolute atomic E-state index is 13.9. The molecular formula is C28H41O5PS. The Morgan fingerprint density at radius 3 is 2.09 bits per heavy atom. The van der Waals surface area contributed by atoms with Gasteiger partial charge in [-0.15, -0.1) is 0 Å². The number of benzene rings is 2. The van der Waals surface area contributed by atoms with E-state index in [2.05, 4.69) is 45.0 Å². The van der Waals surface area contributed by atoms with Crippen LogP contribution in [0.1, 0.15) is 73.3 Å². The normalized spacial score (nSPS) is 22.5. The molecule has 1 aliphatic rings. The molecule has 1 fully saturated rings. The fourth-order valence-electron chi connectivity index (χ4n) is 5.02. The molecule has 0 saturated heterocycles. The van der Waals surface area contributed by atoms with Crippen molar-refractivity contribution >= 4 is 24.0 Å². The predicted octanol–water partition coefficient (Wildman–Crippen LogP) is 7.18. The summed E-state index contributed by atoms with van der Waals surface area (Å²) in [6, 6.07) is 17.4. The third-order valence-electron chi connectivity index (χ3n) is 6.75. The molecule has 0 heterocycles. The van der Waals surface area contributed by atoms with Crippen LogP contribution < -0.4 is 5.30 Å². The third kappa shape index (κ3) is 6.93. The first-order valence-electron chi connectivity index (χ1n) is 12.6. The highest BCUT2D eigenvalue weighted by molar-refractivity contribution is 7.81. The molecule has 0 spiro atoms. The van der Waals surface area contributed by atoms with E-state index in [1.54, 1.807) is 24.3 Å². The summed E-state index contributed by atoms with van der Waals surface area (Å²) < 4.78 is 45.6. The summed E-state index contributed by atoms with van der Waals surface area (Å²) in [7, 11) is -3.71. The summed E-state index contributed by atoms with van der Waals surface area (Å²) in [4.78, 5) is 0.353. The van der Waals surface area contributed by atoms with Crippen molar-refractivity contribution < 1.29 is 22.0 Å². The first-order valence-corrected chi connectivity index (χ1v) is 15.3. The van der Waals surface area contributed by atoms with Crippen LogP contribution in [0.5, 0.6) is 0 Å². The van der Waals surface area contributed by atoms with Crippen molar-refractivity contribution in [2.24, 2.45) is 11.8 Å². The topological polar surface area (TPSA) is 61.8 Å². The largest absolute Gasteiger partial charge is 0.363 e. The van der Waals surface area contributed by atoms with Gasteiger partial charge in [-0.1, -0.05) is 69.7 Å². The molecule has 1 aliphatic carbocycles. The summed E-state index contributed by atoms with van der Waals surface area (Å²) in [5.74, 6) is 0.678. The van der Waals surface area contributed by atoms with E-state index in [1.807, 2.05) is 33.8 Å². The standard InChI is InChI=1S/C28H41O5PS/c1-20(2)31-34(29,32-21(3)4)26-15-11-12-16-27(26)35(30)33-25-19-22(5)17-18-24(25)28(6,7)23-13-9-8-10-14-23/h8-16,20-22,24-25H,17-19H2,1-7H3/t22-,24-,25-,35?/m1/s1. The maximum Gasteiger partial charge on any atom is 0.363 e. The van der Waals surface area contributed by atoms with Crippen LogP contribution in [0.25, 0.3) is 0 Å². The quantitative estimate of drug-likeness (QED) is 0.311. The molecule has 7 heteroatoms. The molecule has 0 aliphatic heterocycles. The van der Waals surface area contributed by atoms with Gasteiger partial charge in [-0.3, -0.25) is 8.75 Å². The predicted molar refractivity (Wildman–Crippen MR) is 143 cm³/mol. The zero-order chi connectivity index (χ0) is 25.8. The zero-order valence-corrected chi connectivity index (χ0v) is 23.8. The van der Waals surface area contributed by atoms with E-state index in [1.165, 1.54) is 5.56 Å². The SMILES string of the molecule is CC(C)OP(=O)(OC(C)C)c1ccccc1S(=O)O[C@@H]1C[C@H](C)CC[C@H]1C(C)(C)c1ccccc1. The Labute approximate surface area is 214 Å². The molecule has 0 N–H and O–H groups in total. The number of hydrogen-bond donors (Lipinski definition) is 0. The zero-order valence-electron chi connectivity index (χ0n) is 22.1. The Balaban J connectivity index is 1.94. The Morgan fingerprint density at radius 2 is 1.49 bits per heavy atom. The van der Waals surface area contributed by atoms with E-state index < -0.39 is 18.7 Å². The molecule has 2 aromatic rings. The van der Waals surface area contributed by atoms with Gasteiger partial charge in [-0.2, -0.15) is 0 Å². The maximum atomic E-state index is 13.9. The molecule has 1 unspecified atom stereocenters. The molecule has 4 atom stereocenters. The average Bonchev–Trinajstić information content (AvgIpc) is 2.78. The van der Waals surface area contributed by atoms with Gasteiger partial charge in [0.15, 0.2) is 11.1 Å². The van der Waals surface area contributed by atoms with Gasteiger partial charge in [-0.05, 0) is 75.5 Å². The van der Waals surface area contributed by atoms with E-state index in [9.17, 15) is 8.77 Å². The van der Waals surface area contributed by atoms with Crippen molar-refractivity contribution in [2.45, 2.75) is 96.4 Å². The van der Waals surface area contributed by atoms with Crippen molar-refractivity contribution in [3.63, 3.8) is 0 Å². The highest BCUT2D eigenvalue weighted by atomic mass is 32.2. The lowest BCUT2D eigenvalue weighted by Gasteiger charge is -2.43. The van der Waals surface area contributed by atoms with Crippen molar-refractivity contribution in [1.82, 2.24) is 0 Å². The fraction of sp³-hybridized carbons (Fsp3) is 0.571. The second-order valence-corrected chi connectivity index (χ2v) is 13.8. The molecule has 0 bridgehead atoms. The van der Waals surface area contributed by atoms with Crippen LogP contribution in [0.3, 0.4) is 0 Å². The van der Waals surface area contributed by atoms with Crippen LogP contribution in [0.4, 0.5) is 0 Å². The van der Waals surface area contributed by atoms with Crippen LogP contribution in [0.15, 0.2) is 59.5 Å². The van der Waals surface area contributed by atoms with Gasteiger partial charge in [-0.25, -0.2) is 4.21 Å². The third-order valence-corrected chi connectivity index (χ3v) is 10.4. The van der Waals surface area contributed by atoms with Gasteiger partial charge in [0.2, 0.25) is 0 Å². The minimum Gasteiger partial charge on any atom is -0.302 e. The molecule has 0 aromatic heterocycles. The Kier molecular flexibility index (Phi) is 9.56. The van der Waals surface area contributed by atoms with E-state index >= 15 is 0 Å². The fourth-order valence-corrected chi connectivity index (χ4v) is 8.55. The lowest BCUT2D eigenvalue weighted by Crippen LogP contribution is -2.43. The number of hydrogen-bond acceptors (Lipinski definition) is 5. The van der Waals surface area contributed by atoms with Crippen LogP contribution in [0.2, 0.25) is 0 Å². The van der Waals surface area contributed by atoms with Crippen molar-refractivity contribution in [3.8, 4) is 0 Å². The van der Waals surface area contributed by atoms with Crippen LogP contribution >= 0.6 is 7.60 Å². The van der Waals surface area contributed by atoms with Crippen LogP contribution in [0, 0.1) is 11.8 Å². The number of rotatable bonds is 10. The van der Waals surface area contributed by atoms with Gasteiger partial charge in [0.1, 0.15) is 0 Å². The lowest BCUT2D eigenvalue weighted by atomic mass is 9.64. The monoisotopic (exact) mass is 520 g/mol. The Morgan fingerprint density at radius 1 is 0.914 bits per heavy atom. The molecule has 35 heavy (non-hydrogen) atoms. The highest BCUT2D eigenvalue weighted by Crippen LogP contribution is 2.51. The molecule has 194 valence electrons. The summed E-state index contributed by atoms with van der Waals surface area (Å²) in [6.07, 6.45) is 2.10. The van der Waals surface area contributed by atoms with Gasteiger partial charge in [0, 0.05) is 0 Å². The van der Waals surface area contributed by atoms with Crippen molar-refractivity contribution in [1.29, 1.82) is 0 Å². The van der Waals surface area contributed by atoms with Gasteiger partial charge in [0.25, 0.3) is 0 Å². The summed E-state index contributed by atoms with van der Waals surface area (Å²) in [5.41, 5.74) is 1.10. The molecular weight excluding hydrogens is 479 g/mol. The highest BCUT2D eigenvalue weighted by Gasteiger charge is 2.42. The van der Waals surface area contributed by atoms with Crippen LogP contribution in [-0.2, 0) is 34.3 Å². The van der Waals surface area contributed by atoms with Crippen LogP contribution in [-0.4, -0.2) is 22.5 Å². The minimum absolute atomic E-state index is 0.146. The summed E-state index contributed by atoms with van der Waals surface area (Å²) in [6.45, 7) is 14.0. The molecule has 0 amide bonds. The van der Waals surface area contributed by atoms with E-state index in [-0.39, 0.29) is 29.6 Å². The Bertz CT molecular complexity index is 1020.